The molecule has 2 amide bonds. The highest BCUT2D eigenvalue weighted by molar-refractivity contribution is 7.13. The van der Waals surface area contributed by atoms with E-state index in [-0.39, 0.29) is 41.5 Å². The highest BCUT2D eigenvalue weighted by atomic mass is 32.1. The molecular formula is C27H32N6O4S. The van der Waals surface area contributed by atoms with E-state index in [2.05, 4.69) is 25.7 Å². The first-order chi connectivity index (χ1) is 18.4. The molecule has 10 nitrogen and oxygen atoms in total. The maximum absolute atomic E-state index is 13.5. The second kappa shape index (κ2) is 11.5. The van der Waals surface area contributed by atoms with Crippen molar-refractivity contribution in [2.75, 3.05) is 25.1 Å². The molecule has 2 aliphatic heterocycles. The van der Waals surface area contributed by atoms with Gasteiger partial charge in [0, 0.05) is 61.1 Å². The summed E-state index contributed by atoms with van der Waals surface area (Å²) in [6, 6.07) is 3.90. The smallest absolute Gasteiger partial charge is 0.275 e. The van der Waals surface area contributed by atoms with Gasteiger partial charge in [-0.25, -0.2) is 4.98 Å². The van der Waals surface area contributed by atoms with E-state index < -0.39 is 11.8 Å². The Labute approximate surface area is 225 Å². The van der Waals surface area contributed by atoms with E-state index in [1.54, 1.807) is 22.5 Å². The van der Waals surface area contributed by atoms with E-state index >= 15 is 0 Å². The summed E-state index contributed by atoms with van der Waals surface area (Å²) >= 11 is 1.38. The van der Waals surface area contributed by atoms with Crippen molar-refractivity contribution in [3.63, 3.8) is 0 Å². The number of nitrogens with zero attached hydrogens (tertiary/aromatic N) is 4. The van der Waals surface area contributed by atoms with Gasteiger partial charge in [0.2, 0.25) is 5.91 Å². The lowest BCUT2D eigenvalue weighted by Gasteiger charge is -2.22. The summed E-state index contributed by atoms with van der Waals surface area (Å²) in [5.41, 5.74) is 2.53. The Morgan fingerprint density at radius 3 is 2.79 bits per heavy atom. The fourth-order valence-corrected chi connectivity index (χ4v) is 5.61. The van der Waals surface area contributed by atoms with Crippen LogP contribution in [-0.2, 0) is 16.0 Å². The lowest BCUT2D eigenvalue weighted by Crippen LogP contribution is -2.35. The van der Waals surface area contributed by atoms with Crippen molar-refractivity contribution in [1.29, 1.82) is 0 Å². The topological polar surface area (TPSA) is 128 Å². The lowest BCUT2D eigenvalue weighted by molar-refractivity contribution is -0.126. The number of Topliss-reactive ketones (excluding diaryl/α,β-unsaturated/α-hetero) is 1. The summed E-state index contributed by atoms with van der Waals surface area (Å²) < 4.78 is 7.23. The first kappa shape index (κ1) is 26.2. The summed E-state index contributed by atoms with van der Waals surface area (Å²) in [7, 11) is 0. The fraction of sp³-hybridized carbons (Fsp3) is 0.481. The Hall–Kier alpha value is -3.44. The molecule has 0 aliphatic carbocycles. The molecule has 2 aliphatic rings. The lowest BCUT2D eigenvalue weighted by atomic mass is 9.89. The molecule has 0 spiro atoms. The number of fused-ring (bicyclic) bond motifs is 6. The van der Waals surface area contributed by atoms with Gasteiger partial charge in [0.15, 0.2) is 11.5 Å². The Morgan fingerprint density at radius 1 is 1.18 bits per heavy atom. The van der Waals surface area contributed by atoms with Crippen molar-refractivity contribution < 1.29 is 19.1 Å². The van der Waals surface area contributed by atoms with Crippen LogP contribution < -0.4 is 10.6 Å². The molecule has 11 heteroatoms. The normalized spacial score (nSPS) is 19.9. The molecule has 0 saturated carbocycles. The van der Waals surface area contributed by atoms with Crippen LogP contribution in [0, 0.1) is 11.8 Å². The molecule has 5 rings (SSSR count). The zero-order valence-electron chi connectivity index (χ0n) is 21.6. The molecule has 0 radical (unpaired) electrons. The fourth-order valence-electron chi connectivity index (χ4n) is 4.81. The molecule has 1 fully saturated rings. The van der Waals surface area contributed by atoms with Crippen LogP contribution in [0.3, 0.4) is 0 Å². The standard InChI is InChI=1S/C27H32N6O4S/c1-16(2)20-13-23(34)24-21(14-33(32-24)19-6-10-37-11-7-19)30-26(36)22-15-38-27(31-22)17-5-9-28-18(12-17)4-3-8-29-25(20)35/h5,9,12,14-16,19-20H,3-4,6-8,10-11,13H2,1-2H3,(H,29,35)(H,30,36). The van der Waals surface area contributed by atoms with Gasteiger partial charge in [-0.2, -0.15) is 5.10 Å². The molecule has 3 aromatic heterocycles. The molecular weight excluding hydrogens is 504 g/mol. The van der Waals surface area contributed by atoms with Crippen molar-refractivity contribution in [3.8, 4) is 10.6 Å². The third kappa shape index (κ3) is 5.83. The minimum atomic E-state index is -0.513. The molecule has 3 aromatic rings. The molecule has 4 bridgehead atoms. The number of aromatic nitrogens is 4. The van der Waals surface area contributed by atoms with Crippen molar-refractivity contribution in [2.45, 2.75) is 52.0 Å². The summed E-state index contributed by atoms with van der Waals surface area (Å²) in [5, 5.41) is 12.9. The van der Waals surface area contributed by atoms with Crippen LogP contribution in [0.1, 0.15) is 72.2 Å². The number of amides is 2. The maximum atomic E-state index is 13.5. The quantitative estimate of drug-likeness (QED) is 0.508. The Bertz CT molecular complexity index is 1330. The number of nitrogens with one attached hydrogen (secondary N) is 2. The number of aryl methyl sites for hydroxylation is 1. The van der Waals surface area contributed by atoms with Gasteiger partial charge in [-0.15, -0.1) is 11.3 Å². The van der Waals surface area contributed by atoms with Gasteiger partial charge in [0.25, 0.3) is 5.91 Å². The van der Waals surface area contributed by atoms with E-state index in [0.717, 1.165) is 24.1 Å². The molecule has 5 heterocycles. The number of pyridine rings is 1. The van der Waals surface area contributed by atoms with Gasteiger partial charge in [-0.3, -0.25) is 24.0 Å². The second-order valence-electron chi connectivity index (χ2n) is 10.1. The van der Waals surface area contributed by atoms with Gasteiger partial charge in [0.05, 0.1) is 11.7 Å². The van der Waals surface area contributed by atoms with E-state index in [4.69, 9.17) is 4.74 Å². The maximum Gasteiger partial charge on any atom is 0.275 e. The predicted octanol–water partition coefficient (Wildman–Crippen LogP) is 3.91. The first-order valence-corrected chi connectivity index (χ1v) is 14.0. The Morgan fingerprint density at radius 2 is 2.00 bits per heavy atom. The largest absolute Gasteiger partial charge is 0.381 e. The third-order valence-electron chi connectivity index (χ3n) is 7.07. The van der Waals surface area contributed by atoms with Crippen LogP contribution in [0.15, 0.2) is 29.9 Å². The third-order valence-corrected chi connectivity index (χ3v) is 7.96. The van der Waals surface area contributed by atoms with Gasteiger partial charge in [0.1, 0.15) is 10.7 Å². The average molecular weight is 537 g/mol. The van der Waals surface area contributed by atoms with Crippen LogP contribution in [0.5, 0.6) is 0 Å². The summed E-state index contributed by atoms with van der Waals surface area (Å²) in [5.74, 6) is -1.41. The molecule has 0 aromatic carbocycles. The molecule has 2 N–H and O–H groups in total. The first-order valence-electron chi connectivity index (χ1n) is 13.1. The number of ether oxygens (including phenoxy) is 1. The van der Waals surface area contributed by atoms with Crippen LogP contribution in [-0.4, -0.2) is 57.1 Å². The van der Waals surface area contributed by atoms with Crippen LogP contribution in [0.2, 0.25) is 0 Å². The number of hydrogen-bond donors (Lipinski definition) is 2. The number of thiazole rings is 1. The van der Waals surface area contributed by atoms with E-state index in [9.17, 15) is 14.4 Å². The van der Waals surface area contributed by atoms with Crippen molar-refractivity contribution in [2.24, 2.45) is 11.8 Å². The minimum absolute atomic E-state index is 0.00160. The summed E-state index contributed by atoms with van der Waals surface area (Å²) in [6.07, 6.45) is 6.39. The van der Waals surface area contributed by atoms with E-state index in [0.29, 0.717) is 43.3 Å². The van der Waals surface area contributed by atoms with E-state index in [1.807, 2.05) is 26.0 Å². The van der Waals surface area contributed by atoms with Crippen molar-refractivity contribution >= 4 is 34.6 Å². The van der Waals surface area contributed by atoms with Crippen LogP contribution in [0.25, 0.3) is 10.6 Å². The molecule has 200 valence electrons. The minimum Gasteiger partial charge on any atom is -0.381 e. The SMILES string of the molecule is CC(C)C1CC(=O)c2nn(C3CCOCC3)cc2NC(=O)c2csc(n2)-c2ccnc(c2)CCCNC1=O. The number of carbonyl (C=O) groups is 3. The summed E-state index contributed by atoms with van der Waals surface area (Å²) in [4.78, 5) is 48.8. The van der Waals surface area contributed by atoms with Gasteiger partial charge < -0.3 is 15.4 Å². The van der Waals surface area contributed by atoms with Crippen molar-refractivity contribution in [3.05, 3.63) is 47.0 Å². The molecule has 1 atom stereocenters. The summed E-state index contributed by atoms with van der Waals surface area (Å²) in [6.45, 7) is 5.58. The monoisotopic (exact) mass is 536 g/mol. The molecule has 1 unspecified atom stereocenters. The highest BCUT2D eigenvalue weighted by Gasteiger charge is 2.30. The molecule has 1 saturated heterocycles. The predicted molar refractivity (Wildman–Crippen MR) is 143 cm³/mol. The van der Waals surface area contributed by atoms with Gasteiger partial charge in [-0.1, -0.05) is 13.8 Å². The number of anilines is 1. The number of rotatable bonds is 2. The number of carbonyl (C=O) groups excluding carboxylic acids is 3. The van der Waals surface area contributed by atoms with E-state index in [1.165, 1.54) is 11.3 Å². The Balaban J connectivity index is 1.51. The van der Waals surface area contributed by atoms with Gasteiger partial charge >= 0.3 is 0 Å². The molecule has 38 heavy (non-hydrogen) atoms. The van der Waals surface area contributed by atoms with Crippen LogP contribution in [0.4, 0.5) is 5.69 Å². The van der Waals surface area contributed by atoms with Crippen molar-refractivity contribution in [1.82, 2.24) is 25.1 Å². The zero-order chi connectivity index (χ0) is 26.6. The number of ketones is 1. The Kier molecular flexibility index (Phi) is 7.94. The second-order valence-corrected chi connectivity index (χ2v) is 11.0. The van der Waals surface area contributed by atoms with Crippen LogP contribution >= 0.6 is 11.3 Å². The average Bonchev–Trinajstić information content (AvgIpc) is 3.58. The number of hydrogen-bond acceptors (Lipinski definition) is 8. The zero-order valence-corrected chi connectivity index (χ0v) is 22.4. The van der Waals surface area contributed by atoms with Gasteiger partial charge in [-0.05, 0) is 43.7 Å². The highest BCUT2D eigenvalue weighted by Crippen LogP contribution is 2.29.